The molecule has 1 aliphatic heterocycles. The first-order valence-corrected chi connectivity index (χ1v) is 9.53. The number of ether oxygens (including phenoxy) is 3. The minimum Gasteiger partial charge on any atom is -0.493 e. The maximum absolute atomic E-state index is 12.8. The number of hydrogen-bond acceptors (Lipinski definition) is 5. The molecule has 0 atom stereocenters. The van der Waals surface area contributed by atoms with Gasteiger partial charge in [-0.3, -0.25) is 9.59 Å². The highest BCUT2D eigenvalue weighted by molar-refractivity contribution is 6.21. The van der Waals surface area contributed by atoms with E-state index in [4.69, 9.17) is 14.2 Å². The molecule has 1 heterocycles. The van der Waals surface area contributed by atoms with E-state index in [9.17, 15) is 9.59 Å². The maximum atomic E-state index is 12.8. The first kappa shape index (κ1) is 20.6. The minimum atomic E-state index is -0.274. The third-order valence-electron chi connectivity index (χ3n) is 4.64. The highest BCUT2D eigenvalue weighted by Crippen LogP contribution is 2.30. The molecule has 0 unspecified atom stereocenters. The molecule has 0 spiro atoms. The molecule has 29 heavy (non-hydrogen) atoms. The van der Waals surface area contributed by atoms with Crippen molar-refractivity contribution in [2.75, 3.05) is 33.4 Å². The first-order valence-electron chi connectivity index (χ1n) is 9.53. The van der Waals surface area contributed by atoms with Crippen molar-refractivity contribution in [2.45, 2.75) is 13.5 Å². The number of carbonyl (C=O) groups excluding carboxylic acids is 2. The molecule has 1 amide bonds. The number of carbonyl (C=O) groups is 2. The van der Waals surface area contributed by atoms with Gasteiger partial charge in [-0.1, -0.05) is 36.4 Å². The van der Waals surface area contributed by atoms with E-state index in [1.54, 1.807) is 36.3 Å². The van der Waals surface area contributed by atoms with Crippen LogP contribution in [0.25, 0.3) is 6.08 Å². The molecule has 152 valence electrons. The van der Waals surface area contributed by atoms with E-state index < -0.39 is 0 Å². The molecule has 2 aromatic rings. The van der Waals surface area contributed by atoms with Crippen LogP contribution >= 0.6 is 0 Å². The molecular weight excluding hydrogens is 370 g/mol. The number of amides is 1. The van der Waals surface area contributed by atoms with Crippen molar-refractivity contribution < 1.29 is 23.8 Å². The zero-order valence-corrected chi connectivity index (χ0v) is 16.7. The quantitative estimate of drug-likeness (QED) is 0.409. The van der Waals surface area contributed by atoms with Gasteiger partial charge < -0.3 is 19.1 Å². The van der Waals surface area contributed by atoms with Crippen molar-refractivity contribution in [1.29, 1.82) is 0 Å². The van der Waals surface area contributed by atoms with E-state index >= 15 is 0 Å². The lowest BCUT2D eigenvalue weighted by molar-refractivity contribution is -0.132. The summed E-state index contributed by atoms with van der Waals surface area (Å²) in [4.78, 5) is 26.5. The zero-order chi connectivity index (χ0) is 20.6. The predicted molar refractivity (Wildman–Crippen MR) is 110 cm³/mol. The molecule has 0 saturated carbocycles. The van der Waals surface area contributed by atoms with Gasteiger partial charge in [0.15, 0.2) is 17.3 Å². The Balaban J connectivity index is 1.79. The van der Waals surface area contributed by atoms with E-state index in [1.165, 1.54) is 6.92 Å². The number of nitrogens with zero attached hydrogens (tertiary/aromatic N) is 1. The zero-order valence-electron chi connectivity index (χ0n) is 16.7. The normalized spacial score (nSPS) is 14.4. The van der Waals surface area contributed by atoms with E-state index in [1.807, 2.05) is 30.3 Å². The van der Waals surface area contributed by atoms with Crippen LogP contribution in [0.1, 0.15) is 18.1 Å². The number of hydrogen-bond donors (Lipinski definition) is 0. The number of benzene rings is 2. The van der Waals surface area contributed by atoms with Gasteiger partial charge in [0.25, 0.3) is 5.91 Å². The van der Waals surface area contributed by atoms with Crippen LogP contribution in [0, 0.1) is 0 Å². The van der Waals surface area contributed by atoms with Gasteiger partial charge in [0.2, 0.25) is 0 Å². The number of rotatable bonds is 7. The summed E-state index contributed by atoms with van der Waals surface area (Å²) in [7, 11) is 1.56. The third-order valence-corrected chi connectivity index (χ3v) is 4.64. The second-order valence-electron chi connectivity index (χ2n) is 6.70. The SMILES string of the molecule is COc1cc(/C=C(\C(C)=O)C(=O)N2CCOCC2)ccc1OCc1ccccc1. The monoisotopic (exact) mass is 395 g/mol. The minimum absolute atomic E-state index is 0.145. The Bertz CT molecular complexity index is 885. The van der Waals surface area contributed by atoms with Crippen LogP contribution in [0.4, 0.5) is 0 Å². The van der Waals surface area contributed by atoms with E-state index in [0.29, 0.717) is 50.0 Å². The van der Waals surface area contributed by atoms with Gasteiger partial charge >= 0.3 is 0 Å². The topological polar surface area (TPSA) is 65.1 Å². The maximum Gasteiger partial charge on any atom is 0.257 e. The molecule has 1 saturated heterocycles. The fourth-order valence-electron chi connectivity index (χ4n) is 3.05. The van der Waals surface area contributed by atoms with Gasteiger partial charge in [0.1, 0.15) is 6.61 Å². The second-order valence-corrected chi connectivity index (χ2v) is 6.70. The Kier molecular flexibility index (Phi) is 7.03. The fraction of sp³-hybridized carbons (Fsp3) is 0.304. The number of ketones is 1. The Hall–Kier alpha value is -3.12. The molecular formula is C23H25NO5. The van der Waals surface area contributed by atoms with E-state index in [2.05, 4.69) is 0 Å². The van der Waals surface area contributed by atoms with Crippen LogP contribution < -0.4 is 9.47 Å². The van der Waals surface area contributed by atoms with Gasteiger partial charge in [-0.25, -0.2) is 0 Å². The average Bonchev–Trinajstić information content (AvgIpc) is 2.77. The number of Topliss-reactive ketones (excluding diaryl/α,β-unsaturated/α-hetero) is 1. The Labute approximate surface area is 170 Å². The summed E-state index contributed by atoms with van der Waals surface area (Å²) in [5.41, 5.74) is 1.89. The molecule has 0 aromatic heterocycles. The van der Waals surface area contributed by atoms with Crippen molar-refractivity contribution in [1.82, 2.24) is 4.90 Å². The van der Waals surface area contributed by atoms with Crippen molar-refractivity contribution in [3.8, 4) is 11.5 Å². The van der Waals surface area contributed by atoms with Crippen LogP contribution in [0.15, 0.2) is 54.1 Å². The average molecular weight is 395 g/mol. The van der Waals surface area contributed by atoms with Crippen LogP contribution in [0.3, 0.4) is 0 Å². The van der Waals surface area contributed by atoms with Gasteiger partial charge in [-0.2, -0.15) is 0 Å². The number of methoxy groups -OCH3 is 1. The van der Waals surface area contributed by atoms with Crippen molar-refractivity contribution >= 4 is 17.8 Å². The van der Waals surface area contributed by atoms with Crippen LogP contribution in [-0.4, -0.2) is 50.0 Å². The molecule has 6 nitrogen and oxygen atoms in total. The Morgan fingerprint density at radius 2 is 1.79 bits per heavy atom. The van der Waals surface area contributed by atoms with Gasteiger partial charge in [-0.05, 0) is 36.3 Å². The fourth-order valence-corrected chi connectivity index (χ4v) is 3.05. The summed E-state index contributed by atoms with van der Waals surface area (Å²) in [5, 5.41) is 0. The van der Waals surface area contributed by atoms with Crippen molar-refractivity contribution in [3.05, 3.63) is 65.2 Å². The standard InChI is InChI=1S/C23H25NO5/c1-17(25)20(23(26)24-10-12-28-13-11-24)14-19-8-9-21(22(15-19)27-2)29-16-18-6-4-3-5-7-18/h3-9,14-15H,10-13,16H2,1-2H3/b20-14+. The van der Waals surface area contributed by atoms with Crippen molar-refractivity contribution in [2.24, 2.45) is 0 Å². The van der Waals surface area contributed by atoms with Gasteiger partial charge in [0.05, 0.1) is 25.9 Å². The molecule has 3 rings (SSSR count). The largest absolute Gasteiger partial charge is 0.493 e. The summed E-state index contributed by atoms with van der Waals surface area (Å²) >= 11 is 0. The highest BCUT2D eigenvalue weighted by atomic mass is 16.5. The summed E-state index contributed by atoms with van der Waals surface area (Å²) < 4.78 is 16.6. The highest BCUT2D eigenvalue weighted by Gasteiger charge is 2.23. The molecule has 0 aliphatic carbocycles. The lowest BCUT2D eigenvalue weighted by Crippen LogP contribution is -2.42. The number of morpholine rings is 1. The second kappa shape index (κ2) is 9.89. The molecule has 2 aromatic carbocycles. The van der Waals surface area contributed by atoms with E-state index in [-0.39, 0.29) is 17.3 Å². The lowest BCUT2D eigenvalue weighted by atomic mass is 10.1. The van der Waals surface area contributed by atoms with Crippen LogP contribution in [-0.2, 0) is 20.9 Å². The predicted octanol–water partition coefficient (Wildman–Crippen LogP) is 3.11. The molecule has 1 fully saturated rings. The van der Waals surface area contributed by atoms with E-state index in [0.717, 1.165) is 5.56 Å². The summed E-state index contributed by atoms with van der Waals surface area (Å²) in [6, 6.07) is 15.2. The third kappa shape index (κ3) is 5.45. The van der Waals surface area contributed by atoms with Crippen LogP contribution in [0.2, 0.25) is 0 Å². The summed E-state index contributed by atoms with van der Waals surface area (Å²) in [6.07, 6.45) is 1.60. The van der Waals surface area contributed by atoms with Gasteiger partial charge in [-0.15, -0.1) is 0 Å². The molecule has 0 radical (unpaired) electrons. The van der Waals surface area contributed by atoms with Crippen LogP contribution in [0.5, 0.6) is 11.5 Å². The van der Waals surface area contributed by atoms with Gasteiger partial charge in [0, 0.05) is 13.1 Å². The first-order chi connectivity index (χ1) is 14.1. The summed E-state index contributed by atoms with van der Waals surface area (Å²) in [6.45, 7) is 3.76. The van der Waals surface area contributed by atoms with Crippen molar-refractivity contribution in [3.63, 3.8) is 0 Å². The molecule has 0 N–H and O–H groups in total. The lowest BCUT2D eigenvalue weighted by Gasteiger charge is -2.27. The Morgan fingerprint density at radius 1 is 1.07 bits per heavy atom. The molecule has 6 heteroatoms. The molecule has 1 aliphatic rings. The summed E-state index contributed by atoms with van der Waals surface area (Å²) in [5.74, 6) is 0.586. The Morgan fingerprint density at radius 3 is 2.45 bits per heavy atom. The molecule has 0 bridgehead atoms. The smallest absolute Gasteiger partial charge is 0.257 e.